The topological polar surface area (TPSA) is 87.4 Å². The van der Waals surface area contributed by atoms with Crippen LogP contribution < -0.4 is 10.4 Å². The maximum absolute atomic E-state index is 13.5. The van der Waals surface area contributed by atoms with E-state index in [4.69, 9.17) is 4.74 Å². The first-order chi connectivity index (χ1) is 15.9. The number of benzene rings is 2. The summed E-state index contributed by atoms with van der Waals surface area (Å²) >= 11 is 0. The van der Waals surface area contributed by atoms with E-state index < -0.39 is 21.6 Å². The number of carbonyl (C=O) groups is 1. The molecule has 1 saturated heterocycles. The summed E-state index contributed by atoms with van der Waals surface area (Å²) in [4.78, 5) is 26.5. The molecule has 4 rings (SSSR count). The number of ketones is 1. The molecular formula is C25H29FN2O5S. The fourth-order valence-corrected chi connectivity index (χ4v) is 6.99. The zero-order chi connectivity index (χ0) is 24.8. The Hall–Kier alpha value is -2.94. The number of hydrogen-bond acceptors (Lipinski definition) is 5. The van der Waals surface area contributed by atoms with Crippen molar-refractivity contribution in [1.29, 1.82) is 0 Å². The summed E-state index contributed by atoms with van der Waals surface area (Å²) in [5.74, 6) is 0.178. The first-order valence-electron chi connectivity index (χ1n) is 11.3. The molecule has 0 radical (unpaired) electrons. The molecule has 2 heterocycles. The van der Waals surface area contributed by atoms with Gasteiger partial charge in [0, 0.05) is 36.4 Å². The quantitative estimate of drug-likeness (QED) is 0.437. The van der Waals surface area contributed by atoms with Crippen molar-refractivity contribution < 1.29 is 22.3 Å². The van der Waals surface area contributed by atoms with Crippen LogP contribution in [0.3, 0.4) is 0 Å². The lowest BCUT2D eigenvalue weighted by molar-refractivity contribution is 0.0860. The van der Waals surface area contributed by atoms with E-state index in [0.717, 1.165) is 0 Å². The first kappa shape index (κ1) is 24.2. The summed E-state index contributed by atoms with van der Waals surface area (Å²) in [6.07, 6.45) is -0.655. The van der Waals surface area contributed by atoms with E-state index >= 15 is 0 Å². The molecule has 1 aliphatic heterocycles. The SMILES string of the molecule is CC[C@@H](C)n1c(=O)n(-c2cccc(OC(C)F)c2)c2ccc(C(=O)CC3(C)CS(=O)(=O)C3)cc21. The predicted octanol–water partition coefficient (Wildman–Crippen LogP) is 4.47. The van der Waals surface area contributed by atoms with Gasteiger partial charge in [-0.25, -0.2) is 17.6 Å². The molecule has 0 amide bonds. The zero-order valence-electron chi connectivity index (χ0n) is 19.7. The normalized spacial score (nSPS) is 18.3. The van der Waals surface area contributed by atoms with E-state index in [0.29, 0.717) is 34.5 Å². The molecule has 7 nitrogen and oxygen atoms in total. The van der Waals surface area contributed by atoms with Crippen LogP contribution in [0.2, 0.25) is 0 Å². The molecule has 1 aromatic heterocycles. The van der Waals surface area contributed by atoms with Crippen LogP contribution in [0.4, 0.5) is 4.39 Å². The minimum Gasteiger partial charge on any atom is -0.461 e. The molecule has 2 atom stereocenters. The van der Waals surface area contributed by atoms with Crippen LogP contribution >= 0.6 is 0 Å². The van der Waals surface area contributed by atoms with Crippen LogP contribution in [0.5, 0.6) is 5.75 Å². The maximum atomic E-state index is 13.5. The summed E-state index contributed by atoms with van der Waals surface area (Å²) in [6.45, 7) is 7.00. The Morgan fingerprint density at radius 3 is 2.47 bits per heavy atom. The van der Waals surface area contributed by atoms with Gasteiger partial charge in [0.2, 0.25) is 6.36 Å². The second-order valence-electron chi connectivity index (χ2n) is 9.55. The number of Topliss-reactive ketones (excluding diaryl/α,β-unsaturated/α-hetero) is 1. The number of nitrogens with zero attached hydrogens (tertiary/aromatic N) is 2. The minimum atomic E-state index is -3.05. The highest BCUT2D eigenvalue weighted by Crippen LogP contribution is 2.37. The summed E-state index contributed by atoms with van der Waals surface area (Å²) in [5.41, 5.74) is 1.38. The fourth-order valence-electron chi connectivity index (χ4n) is 4.75. The van der Waals surface area contributed by atoms with Crippen molar-refractivity contribution in [2.24, 2.45) is 5.41 Å². The van der Waals surface area contributed by atoms with Gasteiger partial charge < -0.3 is 4.74 Å². The molecule has 0 bridgehead atoms. The molecule has 1 unspecified atom stereocenters. The van der Waals surface area contributed by atoms with Crippen molar-refractivity contribution in [2.45, 2.75) is 52.9 Å². The number of aromatic nitrogens is 2. The van der Waals surface area contributed by atoms with Crippen LogP contribution in [-0.4, -0.2) is 41.2 Å². The number of imidazole rings is 1. The first-order valence-corrected chi connectivity index (χ1v) is 13.2. The monoisotopic (exact) mass is 488 g/mol. The van der Waals surface area contributed by atoms with E-state index in [-0.39, 0.29) is 35.4 Å². The van der Waals surface area contributed by atoms with E-state index in [1.807, 2.05) is 20.8 Å². The van der Waals surface area contributed by atoms with E-state index in [9.17, 15) is 22.4 Å². The van der Waals surface area contributed by atoms with Gasteiger partial charge in [0.25, 0.3) is 0 Å². The van der Waals surface area contributed by atoms with Gasteiger partial charge in [-0.05, 0) is 43.7 Å². The van der Waals surface area contributed by atoms with Crippen molar-refractivity contribution in [1.82, 2.24) is 9.13 Å². The predicted molar refractivity (Wildman–Crippen MR) is 129 cm³/mol. The van der Waals surface area contributed by atoms with Crippen molar-refractivity contribution in [3.05, 3.63) is 58.5 Å². The lowest BCUT2D eigenvalue weighted by Crippen LogP contribution is -2.47. The molecule has 0 aliphatic carbocycles. The second kappa shape index (κ2) is 8.69. The Kier molecular flexibility index (Phi) is 6.18. The molecule has 0 N–H and O–H groups in total. The summed E-state index contributed by atoms with van der Waals surface area (Å²) in [6, 6.07) is 11.6. The number of ether oxygens (including phenoxy) is 1. The van der Waals surface area contributed by atoms with Crippen LogP contribution in [0.15, 0.2) is 47.3 Å². The summed E-state index contributed by atoms with van der Waals surface area (Å²) < 4.78 is 45.0. The molecule has 3 aromatic rings. The molecule has 34 heavy (non-hydrogen) atoms. The number of alkyl halides is 1. The van der Waals surface area contributed by atoms with Crippen LogP contribution in [0.1, 0.15) is 56.9 Å². The van der Waals surface area contributed by atoms with Gasteiger partial charge in [-0.1, -0.05) is 19.9 Å². The molecule has 182 valence electrons. The maximum Gasteiger partial charge on any atom is 0.333 e. The van der Waals surface area contributed by atoms with Crippen LogP contribution in [-0.2, 0) is 9.84 Å². The van der Waals surface area contributed by atoms with Crippen molar-refractivity contribution in [3.63, 3.8) is 0 Å². The fraction of sp³-hybridized carbons (Fsp3) is 0.440. The largest absolute Gasteiger partial charge is 0.461 e. The van der Waals surface area contributed by atoms with Gasteiger partial charge in [-0.2, -0.15) is 0 Å². The molecule has 0 spiro atoms. The number of rotatable bonds is 8. The molecule has 1 aliphatic rings. The van der Waals surface area contributed by atoms with Crippen LogP contribution in [0.25, 0.3) is 16.7 Å². The van der Waals surface area contributed by atoms with E-state index in [2.05, 4.69) is 0 Å². The van der Waals surface area contributed by atoms with Crippen molar-refractivity contribution in [2.75, 3.05) is 11.5 Å². The van der Waals surface area contributed by atoms with Gasteiger partial charge in [-0.3, -0.25) is 13.9 Å². The van der Waals surface area contributed by atoms with Crippen molar-refractivity contribution >= 4 is 26.7 Å². The highest BCUT2D eigenvalue weighted by molar-refractivity contribution is 7.92. The molecule has 9 heteroatoms. The van der Waals surface area contributed by atoms with Gasteiger partial charge in [0.05, 0.1) is 28.2 Å². The number of halogens is 1. The lowest BCUT2D eigenvalue weighted by atomic mass is 9.86. The third kappa shape index (κ3) is 4.53. The summed E-state index contributed by atoms with van der Waals surface area (Å²) in [5, 5.41) is 0. The Morgan fingerprint density at radius 1 is 1.15 bits per heavy atom. The number of fused-ring (bicyclic) bond motifs is 1. The Labute approximate surface area is 198 Å². The highest BCUT2D eigenvalue weighted by Gasteiger charge is 2.45. The number of carbonyl (C=O) groups excluding carboxylic acids is 1. The molecule has 2 aromatic carbocycles. The van der Waals surface area contributed by atoms with Gasteiger partial charge in [0.1, 0.15) is 5.75 Å². The average molecular weight is 489 g/mol. The average Bonchev–Trinajstić information content (AvgIpc) is 3.02. The molecule has 0 saturated carbocycles. The number of hydrogen-bond donors (Lipinski definition) is 0. The lowest BCUT2D eigenvalue weighted by Gasteiger charge is -2.37. The summed E-state index contributed by atoms with van der Waals surface area (Å²) in [7, 11) is -3.05. The standard InChI is InChI=1S/C25H29FN2O5S/c1-5-16(2)27-22-11-18(23(29)13-25(4)14-34(31,32)15-25)9-10-21(22)28(24(27)30)19-7-6-8-20(12-19)33-17(3)26/h6-12,16-17H,5,13-15H2,1-4H3/t16-,17?/m1/s1. The minimum absolute atomic E-state index is 0.0118. The highest BCUT2D eigenvalue weighted by atomic mass is 32.2. The Balaban J connectivity index is 1.80. The Morgan fingerprint density at radius 2 is 1.85 bits per heavy atom. The van der Waals surface area contributed by atoms with E-state index in [1.54, 1.807) is 47.0 Å². The van der Waals surface area contributed by atoms with Gasteiger partial charge in [-0.15, -0.1) is 0 Å². The Bertz CT molecular complexity index is 1410. The third-order valence-electron chi connectivity index (χ3n) is 6.33. The van der Waals surface area contributed by atoms with E-state index in [1.165, 1.54) is 11.5 Å². The second-order valence-corrected chi connectivity index (χ2v) is 11.6. The van der Waals surface area contributed by atoms with Gasteiger partial charge in [0.15, 0.2) is 15.6 Å². The van der Waals surface area contributed by atoms with Gasteiger partial charge >= 0.3 is 5.69 Å². The van der Waals surface area contributed by atoms with Crippen LogP contribution in [0, 0.1) is 5.41 Å². The zero-order valence-corrected chi connectivity index (χ0v) is 20.6. The number of sulfone groups is 1. The molecular weight excluding hydrogens is 459 g/mol. The third-order valence-corrected chi connectivity index (χ3v) is 8.60. The molecule has 1 fully saturated rings. The van der Waals surface area contributed by atoms with Crippen molar-refractivity contribution in [3.8, 4) is 11.4 Å². The smallest absolute Gasteiger partial charge is 0.333 e.